The van der Waals surface area contributed by atoms with E-state index in [4.69, 9.17) is 14.2 Å². The summed E-state index contributed by atoms with van der Waals surface area (Å²) in [5, 5.41) is 11.6. The molecule has 8 nitrogen and oxygen atoms in total. The largest absolute Gasteiger partial charge is 0.497 e. The molecule has 3 aliphatic heterocycles. The summed E-state index contributed by atoms with van der Waals surface area (Å²) in [6.45, 7) is 11.3. The smallest absolute Gasteiger partial charge is 0.264 e. The summed E-state index contributed by atoms with van der Waals surface area (Å²) >= 11 is 0. The molecule has 3 aromatic carbocycles. The summed E-state index contributed by atoms with van der Waals surface area (Å²) in [5.41, 5.74) is 2.41. The molecule has 6 rings (SSSR count). The molecule has 1 fully saturated rings. The Labute approximate surface area is 272 Å². The van der Waals surface area contributed by atoms with Crippen LogP contribution in [0.1, 0.15) is 30.0 Å². The van der Waals surface area contributed by atoms with Gasteiger partial charge in [0, 0.05) is 24.6 Å². The number of rotatable bonds is 9. The van der Waals surface area contributed by atoms with E-state index in [9.17, 15) is 14.7 Å². The Morgan fingerprint density at radius 1 is 1.07 bits per heavy atom. The second-order valence-electron chi connectivity index (χ2n) is 13.3. The maximum absolute atomic E-state index is 14.6. The Morgan fingerprint density at radius 3 is 2.39 bits per heavy atom. The number of benzene rings is 3. The molecule has 46 heavy (non-hydrogen) atoms. The Hall–Kier alpha value is -3.92. The first kappa shape index (κ1) is 32.0. The molecule has 0 unspecified atom stereocenters. The minimum atomic E-state index is -2.44. The van der Waals surface area contributed by atoms with Gasteiger partial charge in [0.05, 0.1) is 53.2 Å². The number of carbonyl (C=O) groups is 2. The minimum absolute atomic E-state index is 0.0772. The van der Waals surface area contributed by atoms with Crippen molar-refractivity contribution in [2.24, 2.45) is 5.92 Å². The number of nitrogens with zero attached hydrogens (tertiary/aromatic N) is 2. The van der Waals surface area contributed by atoms with Gasteiger partial charge in [-0.25, -0.2) is 0 Å². The number of aliphatic hydroxyl groups is 1. The highest BCUT2D eigenvalue weighted by atomic mass is 28.3. The first-order chi connectivity index (χ1) is 22.1. The third kappa shape index (κ3) is 5.05. The quantitative estimate of drug-likeness (QED) is 0.268. The van der Waals surface area contributed by atoms with E-state index in [1.54, 1.807) is 30.1 Å². The number of amides is 2. The van der Waals surface area contributed by atoms with Crippen LogP contribution in [0, 0.1) is 5.92 Å². The third-order valence-electron chi connectivity index (χ3n) is 10.6. The number of carbonyl (C=O) groups excluding carboxylic acids is 2. The van der Waals surface area contributed by atoms with Crippen molar-refractivity contribution in [3.8, 4) is 11.5 Å². The molecule has 1 saturated heterocycles. The van der Waals surface area contributed by atoms with Crippen molar-refractivity contribution in [2.45, 2.75) is 62.7 Å². The van der Waals surface area contributed by atoms with Crippen molar-refractivity contribution >= 4 is 30.8 Å². The second-order valence-corrected chi connectivity index (χ2v) is 18.0. The molecule has 0 saturated carbocycles. The van der Waals surface area contributed by atoms with Crippen LogP contribution in [-0.2, 0) is 32.9 Å². The summed E-state index contributed by atoms with van der Waals surface area (Å²) in [5.74, 6) is 0.954. The average molecular weight is 641 g/mol. The van der Waals surface area contributed by atoms with E-state index >= 15 is 0 Å². The first-order valence-corrected chi connectivity index (χ1v) is 19.1. The highest BCUT2D eigenvalue weighted by Crippen LogP contribution is 2.60. The van der Waals surface area contributed by atoms with Gasteiger partial charge in [-0.3, -0.25) is 9.59 Å². The highest BCUT2D eigenvalue weighted by molar-refractivity contribution is 6.91. The molecule has 0 radical (unpaired) electrons. The van der Waals surface area contributed by atoms with Crippen LogP contribution in [0.3, 0.4) is 0 Å². The second kappa shape index (κ2) is 12.4. The summed E-state index contributed by atoms with van der Waals surface area (Å²) in [6.07, 6.45) is 1.90. The highest BCUT2D eigenvalue weighted by Gasteiger charge is 2.66. The van der Waals surface area contributed by atoms with Crippen LogP contribution in [0.4, 0.5) is 5.69 Å². The van der Waals surface area contributed by atoms with Gasteiger partial charge in [-0.2, -0.15) is 0 Å². The van der Waals surface area contributed by atoms with Crippen LogP contribution in [0.2, 0.25) is 18.6 Å². The standard InChI is InChI=1S/C37H44N2O6Si/c1-7-18-38-32-17-14-29(44-4)20-31(32)37(36(38)42)24(2)35(46(5,6)30-15-12-28(43-3)13-16-30)33(45-37)21-34(41)39-22-26-11-9-8-10-25(26)19-27(39)23-40/h7-17,20,24,27,33,35,40H,1,18-19,21-23H2,2-6H3/t24-,27+,33+,35-,37+/m1/s1. The van der Waals surface area contributed by atoms with E-state index in [2.05, 4.69) is 44.8 Å². The minimum Gasteiger partial charge on any atom is -0.497 e. The van der Waals surface area contributed by atoms with E-state index in [0.29, 0.717) is 25.3 Å². The normalized spacial score (nSPS) is 25.4. The zero-order valence-electron chi connectivity index (χ0n) is 27.4. The molecular formula is C37H44N2O6Si. The Morgan fingerprint density at radius 2 is 1.74 bits per heavy atom. The Bertz CT molecular complexity index is 1640. The molecule has 3 aliphatic rings. The molecule has 0 aliphatic carbocycles. The van der Waals surface area contributed by atoms with Crippen LogP contribution in [-0.4, -0.2) is 69.4 Å². The van der Waals surface area contributed by atoms with Crippen LogP contribution in [0.15, 0.2) is 79.4 Å². The predicted molar refractivity (Wildman–Crippen MR) is 181 cm³/mol. The lowest BCUT2D eigenvalue weighted by Gasteiger charge is -2.39. The SMILES string of the molecule is C=CCN1C(=O)[C@@]2(O[C@@H](CC(=O)N3Cc4ccccc4C[C@H]3CO)[C@H]([Si](C)(C)c3ccc(OC)cc3)[C@H]2C)c2cc(OC)ccc21. The van der Waals surface area contributed by atoms with Gasteiger partial charge in [-0.05, 0) is 53.4 Å². The molecule has 3 heterocycles. The van der Waals surface area contributed by atoms with Crippen molar-refractivity contribution in [3.05, 3.63) is 96.1 Å². The molecule has 3 aromatic rings. The molecule has 1 N–H and O–H groups in total. The molecule has 2 amide bonds. The maximum atomic E-state index is 14.6. The fourth-order valence-corrected chi connectivity index (χ4v) is 12.3. The van der Waals surface area contributed by atoms with Crippen LogP contribution in [0.25, 0.3) is 0 Å². The summed E-state index contributed by atoms with van der Waals surface area (Å²) in [7, 11) is 0.832. The number of hydrogen-bond donors (Lipinski definition) is 1. The third-order valence-corrected chi connectivity index (χ3v) is 15.0. The van der Waals surface area contributed by atoms with Gasteiger partial charge in [0.15, 0.2) is 5.60 Å². The van der Waals surface area contributed by atoms with Crippen LogP contribution >= 0.6 is 0 Å². The summed E-state index contributed by atoms with van der Waals surface area (Å²) in [6, 6.07) is 21.6. The molecule has 242 valence electrons. The number of ether oxygens (including phenoxy) is 3. The van der Waals surface area contributed by atoms with Crippen molar-refractivity contribution < 1.29 is 28.9 Å². The Kier molecular flexibility index (Phi) is 8.60. The molecule has 0 bridgehead atoms. The van der Waals surface area contributed by atoms with E-state index < -0.39 is 19.8 Å². The molecule has 1 spiro atoms. The molecular weight excluding hydrogens is 597 g/mol. The predicted octanol–water partition coefficient (Wildman–Crippen LogP) is 4.79. The zero-order chi connectivity index (χ0) is 32.8. The fourth-order valence-electron chi connectivity index (χ4n) is 8.26. The number of aliphatic hydroxyl groups excluding tert-OH is 1. The lowest BCUT2D eigenvalue weighted by atomic mass is 9.82. The van der Waals surface area contributed by atoms with E-state index in [1.807, 2.05) is 48.5 Å². The van der Waals surface area contributed by atoms with Gasteiger partial charge in [-0.15, -0.1) is 6.58 Å². The first-order valence-electron chi connectivity index (χ1n) is 16.0. The zero-order valence-corrected chi connectivity index (χ0v) is 28.4. The molecule has 9 heteroatoms. The number of fused-ring (bicyclic) bond motifs is 3. The van der Waals surface area contributed by atoms with Crippen molar-refractivity contribution in [1.29, 1.82) is 0 Å². The number of hydrogen-bond acceptors (Lipinski definition) is 6. The monoisotopic (exact) mass is 640 g/mol. The van der Waals surface area contributed by atoms with Gasteiger partial charge in [0.25, 0.3) is 5.91 Å². The average Bonchev–Trinajstić information content (AvgIpc) is 3.50. The topological polar surface area (TPSA) is 88.5 Å². The summed E-state index contributed by atoms with van der Waals surface area (Å²) < 4.78 is 18.2. The van der Waals surface area contributed by atoms with Gasteiger partial charge in [0.2, 0.25) is 5.91 Å². The Balaban J connectivity index is 1.44. The number of anilines is 1. The fraction of sp³-hybridized carbons (Fsp3) is 0.405. The molecule has 0 aromatic heterocycles. The van der Waals surface area contributed by atoms with Gasteiger partial charge in [-0.1, -0.05) is 67.7 Å². The van der Waals surface area contributed by atoms with E-state index in [0.717, 1.165) is 28.1 Å². The van der Waals surface area contributed by atoms with E-state index in [-0.39, 0.29) is 42.3 Å². The van der Waals surface area contributed by atoms with Gasteiger partial charge < -0.3 is 29.1 Å². The lowest BCUT2D eigenvalue weighted by Crippen LogP contribution is -2.52. The van der Waals surface area contributed by atoms with Crippen LogP contribution in [0.5, 0.6) is 11.5 Å². The van der Waals surface area contributed by atoms with Crippen molar-refractivity contribution in [1.82, 2.24) is 4.90 Å². The molecule has 5 atom stereocenters. The van der Waals surface area contributed by atoms with Crippen molar-refractivity contribution in [2.75, 3.05) is 32.3 Å². The van der Waals surface area contributed by atoms with E-state index in [1.165, 1.54) is 5.19 Å². The summed E-state index contributed by atoms with van der Waals surface area (Å²) in [4.78, 5) is 32.5. The van der Waals surface area contributed by atoms with Crippen LogP contribution < -0.4 is 19.6 Å². The number of methoxy groups -OCH3 is 2. The maximum Gasteiger partial charge on any atom is 0.264 e. The van der Waals surface area contributed by atoms with Gasteiger partial charge >= 0.3 is 0 Å². The lowest BCUT2D eigenvalue weighted by molar-refractivity contribution is -0.150. The van der Waals surface area contributed by atoms with Gasteiger partial charge in [0.1, 0.15) is 11.5 Å². The van der Waals surface area contributed by atoms with Crippen molar-refractivity contribution in [3.63, 3.8) is 0 Å².